The standard InChI is InChI=1S/C27H26N4O2/c1-33-22-11-9-20(10-12-22)25-17-26(29-18-28-25)31-15-13-21(14-16-31)27(32)30-24-8-4-6-19-5-2-3-7-23(19)24/h2-12,17-18,21H,13-16H2,1H3,(H,30,32). The van der Waals surface area contributed by atoms with Crippen molar-refractivity contribution < 1.29 is 9.53 Å². The first-order chi connectivity index (χ1) is 16.2. The molecule has 4 aromatic rings. The third kappa shape index (κ3) is 4.51. The van der Waals surface area contributed by atoms with Gasteiger partial charge in [0.05, 0.1) is 12.8 Å². The number of nitrogens with zero attached hydrogens (tertiary/aromatic N) is 3. The summed E-state index contributed by atoms with van der Waals surface area (Å²) in [7, 11) is 1.66. The molecule has 166 valence electrons. The molecule has 1 aromatic heterocycles. The predicted octanol–water partition coefficient (Wildman–Crippen LogP) is 5.16. The molecular weight excluding hydrogens is 412 g/mol. The summed E-state index contributed by atoms with van der Waals surface area (Å²) in [5.41, 5.74) is 2.77. The Morgan fingerprint density at radius 3 is 2.52 bits per heavy atom. The van der Waals surface area contributed by atoms with Crippen LogP contribution in [0.5, 0.6) is 5.75 Å². The van der Waals surface area contributed by atoms with Gasteiger partial charge in [0, 0.05) is 41.7 Å². The van der Waals surface area contributed by atoms with Crippen molar-refractivity contribution in [2.24, 2.45) is 5.92 Å². The van der Waals surface area contributed by atoms with Crippen LogP contribution in [0.15, 0.2) is 79.1 Å². The highest BCUT2D eigenvalue weighted by Crippen LogP contribution is 2.28. The van der Waals surface area contributed by atoms with Gasteiger partial charge in [-0.05, 0) is 48.6 Å². The topological polar surface area (TPSA) is 67.3 Å². The van der Waals surface area contributed by atoms with E-state index in [1.54, 1.807) is 13.4 Å². The molecule has 1 N–H and O–H groups in total. The number of aromatic nitrogens is 2. The fraction of sp³-hybridized carbons (Fsp3) is 0.222. The zero-order valence-corrected chi connectivity index (χ0v) is 18.6. The van der Waals surface area contributed by atoms with E-state index in [4.69, 9.17) is 4.74 Å². The molecule has 0 bridgehead atoms. The van der Waals surface area contributed by atoms with Crippen LogP contribution in [0.2, 0.25) is 0 Å². The number of piperidine rings is 1. The molecule has 1 fully saturated rings. The number of carbonyl (C=O) groups is 1. The van der Waals surface area contributed by atoms with Crippen molar-refractivity contribution >= 4 is 28.2 Å². The number of fused-ring (bicyclic) bond motifs is 1. The molecule has 6 heteroatoms. The Labute approximate surface area is 193 Å². The number of methoxy groups -OCH3 is 1. The summed E-state index contributed by atoms with van der Waals surface area (Å²) in [4.78, 5) is 24.1. The fourth-order valence-electron chi connectivity index (χ4n) is 4.38. The lowest BCUT2D eigenvalue weighted by atomic mass is 9.95. The second-order valence-electron chi connectivity index (χ2n) is 8.27. The zero-order chi connectivity index (χ0) is 22.6. The summed E-state index contributed by atoms with van der Waals surface area (Å²) in [5, 5.41) is 5.35. The fourth-order valence-corrected chi connectivity index (χ4v) is 4.38. The van der Waals surface area contributed by atoms with Gasteiger partial charge in [-0.15, -0.1) is 0 Å². The van der Waals surface area contributed by atoms with Crippen molar-refractivity contribution in [3.8, 4) is 17.0 Å². The van der Waals surface area contributed by atoms with E-state index in [1.807, 2.05) is 60.7 Å². The maximum absolute atomic E-state index is 13.0. The summed E-state index contributed by atoms with van der Waals surface area (Å²) in [5.74, 6) is 1.79. The Kier molecular flexibility index (Phi) is 5.89. The van der Waals surface area contributed by atoms with E-state index in [0.717, 1.165) is 65.2 Å². The highest BCUT2D eigenvalue weighted by atomic mass is 16.5. The van der Waals surface area contributed by atoms with Crippen molar-refractivity contribution in [3.05, 3.63) is 79.1 Å². The van der Waals surface area contributed by atoms with E-state index < -0.39 is 0 Å². The van der Waals surface area contributed by atoms with Gasteiger partial charge in [0.25, 0.3) is 0 Å². The van der Waals surface area contributed by atoms with Gasteiger partial charge in [0.1, 0.15) is 17.9 Å². The highest BCUT2D eigenvalue weighted by Gasteiger charge is 2.26. The molecule has 33 heavy (non-hydrogen) atoms. The van der Waals surface area contributed by atoms with Crippen LogP contribution < -0.4 is 15.0 Å². The van der Waals surface area contributed by atoms with E-state index in [9.17, 15) is 4.79 Å². The molecule has 0 saturated carbocycles. The van der Waals surface area contributed by atoms with E-state index in [-0.39, 0.29) is 11.8 Å². The summed E-state index contributed by atoms with van der Waals surface area (Å²) < 4.78 is 5.24. The van der Waals surface area contributed by atoms with Crippen molar-refractivity contribution in [1.29, 1.82) is 0 Å². The van der Waals surface area contributed by atoms with Crippen LogP contribution in [0.25, 0.3) is 22.0 Å². The monoisotopic (exact) mass is 438 g/mol. The molecule has 1 amide bonds. The molecule has 1 aliphatic heterocycles. The van der Waals surface area contributed by atoms with Gasteiger partial charge in [-0.2, -0.15) is 0 Å². The van der Waals surface area contributed by atoms with E-state index in [1.165, 1.54) is 0 Å². The number of anilines is 2. The minimum Gasteiger partial charge on any atom is -0.497 e. The number of amides is 1. The van der Waals surface area contributed by atoms with Crippen LogP contribution in [0.1, 0.15) is 12.8 Å². The SMILES string of the molecule is COc1ccc(-c2cc(N3CCC(C(=O)Nc4cccc5ccccc45)CC3)ncn2)cc1. The van der Waals surface area contributed by atoms with Crippen molar-refractivity contribution in [2.75, 3.05) is 30.4 Å². The normalized spacial score (nSPS) is 14.3. The van der Waals surface area contributed by atoms with Gasteiger partial charge in [0.2, 0.25) is 5.91 Å². The van der Waals surface area contributed by atoms with Gasteiger partial charge >= 0.3 is 0 Å². The van der Waals surface area contributed by atoms with Crippen LogP contribution in [0, 0.1) is 5.92 Å². The number of carbonyl (C=O) groups excluding carboxylic acids is 1. The number of benzene rings is 3. The third-order valence-electron chi connectivity index (χ3n) is 6.28. The maximum Gasteiger partial charge on any atom is 0.227 e. The van der Waals surface area contributed by atoms with Gasteiger partial charge in [0.15, 0.2) is 0 Å². The smallest absolute Gasteiger partial charge is 0.227 e. The Morgan fingerprint density at radius 1 is 0.970 bits per heavy atom. The maximum atomic E-state index is 13.0. The predicted molar refractivity (Wildman–Crippen MR) is 132 cm³/mol. The number of ether oxygens (including phenoxy) is 1. The van der Waals surface area contributed by atoms with Crippen LogP contribution in [0.4, 0.5) is 11.5 Å². The van der Waals surface area contributed by atoms with E-state index >= 15 is 0 Å². The molecule has 0 unspecified atom stereocenters. The molecule has 0 atom stereocenters. The summed E-state index contributed by atoms with van der Waals surface area (Å²) >= 11 is 0. The first-order valence-corrected chi connectivity index (χ1v) is 11.2. The molecule has 3 aromatic carbocycles. The molecule has 0 radical (unpaired) electrons. The molecule has 6 nitrogen and oxygen atoms in total. The largest absolute Gasteiger partial charge is 0.497 e. The van der Waals surface area contributed by atoms with Crippen molar-refractivity contribution in [1.82, 2.24) is 9.97 Å². The molecule has 1 aliphatic rings. The van der Waals surface area contributed by atoms with Gasteiger partial charge in [-0.3, -0.25) is 4.79 Å². The van der Waals surface area contributed by atoms with Crippen LogP contribution >= 0.6 is 0 Å². The van der Waals surface area contributed by atoms with Crippen LogP contribution in [0.3, 0.4) is 0 Å². The Balaban J connectivity index is 1.24. The number of rotatable bonds is 5. The lowest BCUT2D eigenvalue weighted by Crippen LogP contribution is -2.38. The third-order valence-corrected chi connectivity index (χ3v) is 6.28. The van der Waals surface area contributed by atoms with Crippen LogP contribution in [-0.4, -0.2) is 36.1 Å². The Hall–Kier alpha value is -3.93. The molecule has 0 aliphatic carbocycles. The number of hydrogen-bond donors (Lipinski definition) is 1. The Morgan fingerprint density at radius 2 is 1.73 bits per heavy atom. The summed E-state index contributed by atoms with van der Waals surface area (Å²) in [6, 6.07) is 24.0. The van der Waals surface area contributed by atoms with E-state index in [0.29, 0.717) is 0 Å². The number of nitrogens with one attached hydrogen (secondary N) is 1. The minimum absolute atomic E-state index is 0.0110. The second kappa shape index (κ2) is 9.28. The van der Waals surface area contributed by atoms with Gasteiger partial charge in [-0.1, -0.05) is 36.4 Å². The van der Waals surface area contributed by atoms with Crippen molar-refractivity contribution in [3.63, 3.8) is 0 Å². The minimum atomic E-state index is -0.0110. The molecule has 5 rings (SSSR count). The average Bonchev–Trinajstić information content (AvgIpc) is 2.89. The molecule has 0 spiro atoms. The first-order valence-electron chi connectivity index (χ1n) is 11.2. The van der Waals surface area contributed by atoms with Crippen molar-refractivity contribution in [2.45, 2.75) is 12.8 Å². The summed E-state index contributed by atoms with van der Waals surface area (Å²) in [6.07, 6.45) is 3.19. The van der Waals surface area contributed by atoms with Gasteiger partial charge < -0.3 is 15.0 Å². The highest BCUT2D eigenvalue weighted by molar-refractivity contribution is 6.02. The van der Waals surface area contributed by atoms with E-state index in [2.05, 4.69) is 32.3 Å². The second-order valence-corrected chi connectivity index (χ2v) is 8.27. The van der Waals surface area contributed by atoms with Crippen LogP contribution in [-0.2, 0) is 4.79 Å². The van der Waals surface area contributed by atoms with Gasteiger partial charge in [-0.25, -0.2) is 9.97 Å². The average molecular weight is 439 g/mol. The quantitative estimate of drug-likeness (QED) is 0.466. The molecular formula is C27H26N4O2. The Bertz CT molecular complexity index is 1260. The molecule has 1 saturated heterocycles. The lowest BCUT2D eigenvalue weighted by molar-refractivity contribution is -0.120. The molecule has 2 heterocycles. The summed E-state index contributed by atoms with van der Waals surface area (Å²) in [6.45, 7) is 1.57. The lowest BCUT2D eigenvalue weighted by Gasteiger charge is -2.32. The number of hydrogen-bond acceptors (Lipinski definition) is 5. The first kappa shape index (κ1) is 20.9. The zero-order valence-electron chi connectivity index (χ0n) is 18.6.